The van der Waals surface area contributed by atoms with E-state index >= 15 is 0 Å². The maximum Gasteiger partial charge on any atom is 0.123 e. The molecule has 0 saturated heterocycles. The molecule has 17 heavy (non-hydrogen) atoms. The third-order valence-electron chi connectivity index (χ3n) is 2.80. The molecule has 2 rings (SSSR count). The van der Waals surface area contributed by atoms with E-state index in [-0.39, 0.29) is 5.82 Å². The molecule has 1 aromatic heterocycles. The molecule has 0 bridgehead atoms. The van der Waals surface area contributed by atoms with Gasteiger partial charge < -0.3 is 5.73 Å². The van der Waals surface area contributed by atoms with Crippen molar-refractivity contribution in [3.05, 3.63) is 35.0 Å². The zero-order chi connectivity index (χ0) is 12.3. The molecule has 0 aliphatic heterocycles. The van der Waals surface area contributed by atoms with Gasteiger partial charge in [0.05, 0.1) is 0 Å². The lowest BCUT2D eigenvalue weighted by atomic mass is 10.2. The highest BCUT2D eigenvalue weighted by atomic mass is 32.1. The number of likely N-dealkylation sites (N-methyl/N-ethyl adjacent to an activating group) is 1. The summed E-state index contributed by atoms with van der Waals surface area (Å²) in [5.74, 6) is -0.170. The number of nitrogens with two attached hydrogens (primary N) is 1. The molecule has 2 N–H and O–H groups in total. The number of fused-ring (bicyclic) bond motifs is 1. The van der Waals surface area contributed by atoms with E-state index in [4.69, 9.17) is 5.73 Å². The van der Waals surface area contributed by atoms with E-state index in [0.717, 1.165) is 29.7 Å². The van der Waals surface area contributed by atoms with E-state index in [2.05, 4.69) is 17.9 Å². The third-order valence-corrected chi connectivity index (χ3v) is 3.90. The molecule has 0 amide bonds. The Morgan fingerprint density at radius 2 is 2.18 bits per heavy atom. The van der Waals surface area contributed by atoms with Gasteiger partial charge in [0.1, 0.15) is 5.82 Å². The Kier molecular flexibility index (Phi) is 4.10. The van der Waals surface area contributed by atoms with Gasteiger partial charge >= 0.3 is 0 Å². The van der Waals surface area contributed by atoms with E-state index < -0.39 is 0 Å². The molecular formula is C13H17FN2S. The van der Waals surface area contributed by atoms with Crippen molar-refractivity contribution in [2.75, 3.05) is 19.6 Å². The van der Waals surface area contributed by atoms with Gasteiger partial charge in [0.15, 0.2) is 0 Å². The molecule has 0 aliphatic carbocycles. The Morgan fingerprint density at radius 1 is 1.35 bits per heavy atom. The van der Waals surface area contributed by atoms with Crippen LogP contribution in [0.3, 0.4) is 0 Å². The average Bonchev–Trinajstić information content (AvgIpc) is 2.69. The van der Waals surface area contributed by atoms with Gasteiger partial charge in [0.25, 0.3) is 0 Å². The van der Waals surface area contributed by atoms with Crippen molar-refractivity contribution in [2.45, 2.75) is 13.5 Å². The predicted molar refractivity (Wildman–Crippen MR) is 71.8 cm³/mol. The summed E-state index contributed by atoms with van der Waals surface area (Å²) < 4.78 is 14.2. The molecule has 2 aromatic rings. The molecule has 2 nitrogen and oxygen atoms in total. The van der Waals surface area contributed by atoms with Crippen LogP contribution in [0.4, 0.5) is 4.39 Å². The minimum absolute atomic E-state index is 0.170. The Balaban J connectivity index is 2.18. The van der Waals surface area contributed by atoms with Crippen molar-refractivity contribution >= 4 is 21.4 Å². The molecule has 0 unspecified atom stereocenters. The number of hydrogen-bond acceptors (Lipinski definition) is 3. The maximum absolute atomic E-state index is 13.1. The Morgan fingerprint density at radius 3 is 2.88 bits per heavy atom. The summed E-state index contributed by atoms with van der Waals surface area (Å²) >= 11 is 1.73. The molecule has 92 valence electrons. The van der Waals surface area contributed by atoms with Crippen molar-refractivity contribution in [3.8, 4) is 0 Å². The van der Waals surface area contributed by atoms with E-state index in [0.29, 0.717) is 6.54 Å². The third kappa shape index (κ3) is 3.03. The van der Waals surface area contributed by atoms with Crippen LogP contribution in [-0.4, -0.2) is 24.5 Å². The van der Waals surface area contributed by atoms with Gasteiger partial charge in [-0.15, -0.1) is 11.3 Å². The summed E-state index contributed by atoms with van der Waals surface area (Å²) in [6.07, 6.45) is 0. The van der Waals surface area contributed by atoms with Gasteiger partial charge in [-0.05, 0) is 36.2 Å². The van der Waals surface area contributed by atoms with Crippen LogP contribution in [-0.2, 0) is 6.54 Å². The van der Waals surface area contributed by atoms with Crippen molar-refractivity contribution < 1.29 is 4.39 Å². The lowest BCUT2D eigenvalue weighted by molar-refractivity contribution is 0.291. The molecule has 0 spiro atoms. The van der Waals surface area contributed by atoms with Crippen molar-refractivity contribution in [3.63, 3.8) is 0 Å². The first-order chi connectivity index (χ1) is 8.22. The van der Waals surface area contributed by atoms with E-state index in [1.165, 1.54) is 10.9 Å². The largest absolute Gasteiger partial charge is 0.329 e. The Labute approximate surface area is 105 Å². The molecular weight excluding hydrogens is 235 g/mol. The molecule has 1 aromatic carbocycles. The van der Waals surface area contributed by atoms with E-state index in [9.17, 15) is 4.39 Å². The number of hydrogen-bond donors (Lipinski definition) is 1. The van der Waals surface area contributed by atoms with Gasteiger partial charge in [-0.2, -0.15) is 0 Å². The van der Waals surface area contributed by atoms with Gasteiger partial charge in [-0.3, -0.25) is 4.90 Å². The number of halogens is 1. The quantitative estimate of drug-likeness (QED) is 0.886. The number of nitrogens with zero attached hydrogens (tertiary/aromatic N) is 1. The summed E-state index contributed by atoms with van der Waals surface area (Å²) in [5.41, 5.74) is 5.57. The summed E-state index contributed by atoms with van der Waals surface area (Å²) in [6, 6.07) is 7.02. The van der Waals surface area contributed by atoms with Crippen LogP contribution >= 0.6 is 11.3 Å². The normalized spacial score (nSPS) is 11.5. The first-order valence-electron chi connectivity index (χ1n) is 5.83. The SMILES string of the molecule is CCN(CCN)Cc1cc2cc(F)ccc2s1. The first kappa shape index (κ1) is 12.5. The van der Waals surface area contributed by atoms with Gasteiger partial charge in [-0.25, -0.2) is 4.39 Å². The second kappa shape index (κ2) is 5.58. The molecule has 0 atom stereocenters. The maximum atomic E-state index is 13.1. The van der Waals surface area contributed by atoms with Gasteiger partial charge in [-0.1, -0.05) is 6.92 Å². The summed E-state index contributed by atoms with van der Waals surface area (Å²) in [5, 5.41) is 0.994. The van der Waals surface area contributed by atoms with Crippen LogP contribution in [0.25, 0.3) is 10.1 Å². The van der Waals surface area contributed by atoms with Gasteiger partial charge in [0.2, 0.25) is 0 Å². The van der Waals surface area contributed by atoms with Crippen molar-refractivity contribution in [1.29, 1.82) is 0 Å². The van der Waals surface area contributed by atoms with Crippen LogP contribution < -0.4 is 5.73 Å². The topological polar surface area (TPSA) is 29.3 Å². The zero-order valence-corrected chi connectivity index (χ0v) is 10.8. The van der Waals surface area contributed by atoms with E-state index in [1.807, 2.05) is 6.07 Å². The Bertz CT molecular complexity index is 495. The van der Waals surface area contributed by atoms with E-state index in [1.54, 1.807) is 17.4 Å². The zero-order valence-electron chi connectivity index (χ0n) is 9.95. The standard InChI is InChI=1S/C13H17FN2S/c1-2-16(6-5-15)9-12-8-10-7-11(14)3-4-13(10)17-12/h3-4,7-8H,2,5-6,9,15H2,1H3. The summed E-state index contributed by atoms with van der Waals surface area (Å²) in [4.78, 5) is 3.56. The predicted octanol–water partition coefficient (Wildman–Crippen LogP) is 2.82. The fourth-order valence-corrected chi connectivity index (χ4v) is 2.99. The molecule has 0 fully saturated rings. The number of rotatable bonds is 5. The number of thiophene rings is 1. The van der Waals surface area contributed by atoms with Crippen LogP contribution in [0.15, 0.2) is 24.3 Å². The van der Waals surface area contributed by atoms with Gasteiger partial charge in [0, 0.05) is 29.2 Å². The highest BCUT2D eigenvalue weighted by Crippen LogP contribution is 2.27. The van der Waals surface area contributed by atoms with Crippen LogP contribution in [0.1, 0.15) is 11.8 Å². The second-order valence-corrected chi connectivity index (χ2v) is 5.22. The fraction of sp³-hybridized carbons (Fsp3) is 0.385. The van der Waals surface area contributed by atoms with Crippen LogP contribution in [0.5, 0.6) is 0 Å². The lowest BCUT2D eigenvalue weighted by Gasteiger charge is -2.17. The summed E-state index contributed by atoms with van der Waals surface area (Å²) in [6.45, 7) is 5.59. The first-order valence-corrected chi connectivity index (χ1v) is 6.65. The average molecular weight is 252 g/mol. The van der Waals surface area contributed by atoms with Crippen molar-refractivity contribution in [1.82, 2.24) is 4.90 Å². The number of benzene rings is 1. The summed E-state index contributed by atoms with van der Waals surface area (Å²) in [7, 11) is 0. The molecule has 0 saturated carbocycles. The second-order valence-electron chi connectivity index (χ2n) is 4.05. The highest BCUT2D eigenvalue weighted by Gasteiger charge is 2.07. The smallest absolute Gasteiger partial charge is 0.123 e. The highest BCUT2D eigenvalue weighted by molar-refractivity contribution is 7.19. The lowest BCUT2D eigenvalue weighted by Crippen LogP contribution is -2.28. The monoisotopic (exact) mass is 252 g/mol. The minimum atomic E-state index is -0.170. The Hall–Kier alpha value is -0.970. The van der Waals surface area contributed by atoms with Crippen LogP contribution in [0.2, 0.25) is 0 Å². The molecule has 1 heterocycles. The van der Waals surface area contributed by atoms with Crippen LogP contribution in [0, 0.1) is 5.82 Å². The minimum Gasteiger partial charge on any atom is -0.329 e. The molecule has 0 aliphatic rings. The molecule has 4 heteroatoms. The molecule has 0 radical (unpaired) electrons. The fourth-order valence-electron chi connectivity index (χ4n) is 1.90. The van der Waals surface area contributed by atoms with Crippen molar-refractivity contribution in [2.24, 2.45) is 5.73 Å².